The summed E-state index contributed by atoms with van der Waals surface area (Å²) in [4.78, 5) is 17.7. The number of aromatic nitrogens is 1. The van der Waals surface area contributed by atoms with Crippen LogP contribution < -0.4 is 5.32 Å². The van der Waals surface area contributed by atoms with Gasteiger partial charge in [-0.05, 0) is 29.8 Å². The van der Waals surface area contributed by atoms with Gasteiger partial charge in [0.2, 0.25) is 0 Å². The molecular weight excluding hydrogens is 400 g/mol. The Labute approximate surface area is 166 Å². The number of hydrogen-bond donors (Lipinski definition) is 1. The van der Waals surface area contributed by atoms with Gasteiger partial charge in [0.05, 0.1) is 16.8 Å². The Morgan fingerprint density at radius 3 is 2.37 bits per heavy atom. The molecule has 4 aromatic rings. The van der Waals surface area contributed by atoms with Gasteiger partial charge in [0, 0.05) is 22.0 Å². The molecule has 0 saturated carbocycles. The lowest BCUT2D eigenvalue weighted by atomic mass is 10.0. The number of fused-ring (bicyclic) bond motifs is 1. The van der Waals surface area contributed by atoms with Crippen molar-refractivity contribution in [2.75, 3.05) is 0 Å². The van der Waals surface area contributed by atoms with Crippen molar-refractivity contribution < 1.29 is 4.79 Å². The molecule has 0 spiro atoms. The average molecular weight is 417 g/mol. The molecule has 0 radical (unpaired) electrons. The topological polar surface area (TPSA) is 42.0 Å². The van der Waals surface area contributed by atoms with Crippen LogP contribution in [0.3, 0.4) is 0 Å². The molecule has 1 amide bonds. The Morgan fingerprint density at radius 2 is 1.59 bits per heavy atom. The number of pyridine rings is 1. The number of amides is 1. The molecule has 3 nitrogen and oxygen atoms in total. The smallest absolute Gasteiger partial charge is 0.252 e. The van der Waals surface area contributed by atoms with E-state index in [1.54, 1.807) is 0 Å². The highest BCUT2D eigenvalue weighted by molar-refractivity contribution is 9.10. The van der Waals surface area contributed by atoms with E-state index in [0.717, 1.165) is 32.2 Å². The van der Waals surface area contributed by atoms with Crippen LogP contribution in [0.5, 0.6) is 0 Å². The molecular formula is C23H17BrN2O. The summed E-state index contributed by atoms with van der Waals surface area (Å²) in [6.07, 6.45) is 0. The number of rotatable bonds is 4. The van der Waals surface area contributed by atoms with Crippen molar-refractivity contribution in [2.45, 2.75) is 6.54 Å². The van der Waals surface area contributed by atoms with Crippen molar-refractivity contribution in [1.82, 2.24) is 10.3 Å². The Hall–Kier alpha value is -2.98. The van der Waals surface area contributed by atoms with Crippen LogP contribution in [-0.2, 0) is 6.54 Å². The minimum atomic E-state index is -0.101. The number of halogens is 1. The molecule has 0 atom stereocenters. The van der Waals surface area contributed by atoms with Gasteiger partial charge in [-0.1, -0.05) is 76.6 Å². The third kappa shape index (κ3) is 3.91. The molecule has 1 aromatic heterocycles. The van der Waals surface area contributed by atoms with E-state index in [2.05, 4.69) is 21.2 Å². The summed E-state index contributed by atoms with van der Waals surface area (Å²) in [6, 6.07) is 27.4. The second-order valence-electron chi connectivity index (χ2n) is 6.25. The number of para-hydroxylation sites is 1. The minimum absolute atomic E-state index is 0.101. The Morgan fingerprint density at radius 1 is 0.889 bits per heavy atom. The van der Waals surface area contributed by atoms with Crippen LogP contribution in [0.15, 0.2) is 89.4 Å². The minimum Gasteiger partial charge on any atom is -0.348 e. The van der Waals surface area contributed by atoms with Gasteiger partial charge >= 0.3 is 0 Å². The van der Waals surface area contributed by atoms with Crippen molar-refractivity contribution in [1.29, 1.82) is 0 Å². The molecule has 1 heterocycles. The fourth-order valence-corrected chi connectivity index (χ4v) is 3.27. The first-order chi connectivity index (χ1) is 13.2. The van der Waals surface area contributed by atoms with Crippen LogP contribution >= 0.6 is 15.9 Å². The van der Waals surface area contributed by atoms with Crippen LogP contribution in [0, 0.1) is 0 Å². The molecule has 0 unspecified atom stereocenters. The number of carbonyl (C=O) groups excluding carboxylic acids is 1. The highest BCUT2D eigenvalue weighted by Crippen LogP contribution is 2.26. The second-order valence-corrected chi connectivity index (χ2v) is 7.16. The predicted molar refractivity (Wildman–Crippen MR) is 112 cm³/mol. The maximum absolute atomic E-state index is 12.9. The quantitative estimate of drug-likeness (QED) is 0.470. The Bertz CT molecular complexity index is 1090. The van der Waals surface area contributed by atoms with Gasteiger partial charge in [0.15, 0.2) is 0 Å². The third-order valence-electron chi connectivity index (χ3n) is 4.40. The van der Waals surface area contributed by atoms with Gasteiger partial charge in [-0.2, -0.15) is 0 Å². The van der Waals surface area contributed by atoms with E-state index in [9.17, 15) is 4.79 Å². The predicted octanol–water partition coefficient (Wildman–Crippen LogP) is 5.59. The largest absolute Gasteiger partial charge is 0.348 e. The fourth-order valence-electron chi connectivity index (χ4n) is 3.01. The fraction of sp³-hybridized carbons (Fsp3) is 0.0435. The van der Waals surface area contributed by atoms with E-state index < -0.39 is 0 Å². The summed E-state index contributed by atoms with van der Waals surface area (Å²) in [5, 5.41) is 3.87. The van der Waals surface area contributed by atoms with Gasteiger partial charge in [-0.3, -0.25) is 4.79 Å². The van der Waals surface area contributed by atoms with Crippen LogP contribution in [0.2, 0.25) is 0 Å². The van der Waals surface area contributed by atoms with Crippen LogP contribution in [-0.4, -0.2) is 10.9 Å². The lowest BCUT2D eigenvalue weighted by molar-refractivity contribution is 0.0952. The van der Waals surface area contributed by atoms with Gasteiger partial charge < -0.3 is 5.32 Å². The molecule has 1 N–H and O–H groups in total. The number of nitrogens with zero attached hydrogens (tertiary/aromatic N) is 1. The molecule has 27 heavy (non-hydrogen) atoms. The molecule has 3 aromatic carbocycles. The number of nitrogens with one attached hydrogen (secondary N) is 1. The lowest BCUT2D eigenvalue weighted by Gasteiger charge is -2.11. The third-order valence-corrected chi connectivity index (χ3v) is 4.93. The SMILES string of the molecule is O=C(NCc1ccccc1)c1cc(-c2ccc(Br)cc2)nc2ccccc12. The molecule has 0 saturated heterocycles. The first kappa shape index (κ1) is 17.4. The first-order valence-corrected chi connectivity index (χ1v) is 9.48. The molecule has 4 rings (SSSR count). The highest BCUT2D eigenvalue weighted by atomic mass is 79.9. The molecule has 4 heteroatoms. The summed E-state index contributed by atoms with van der Waals surface area (Å²) in [5.41, 5.74) is 4.27. The van der Waals surface area contributed by atoms with Crippen LogP contribution in [0.25, 0.3) is 22.2 Å². The van der Waals surface area contributed by atoms with Gasteiger partial charge in [-0.15, -0.1) is 0 Å². The zero-order valence-electron chi connectivity index (χ0n) is 14.5. The van der Waals surface area contributed by atoms with Gasteiger partial charge in [0.1, 0.15) is 0 Å². The normalized spacial score (nSPS) is 10.7. The average Bonchev–Trinajstić information content (AvgIpc) is 2.72. The molecule has 132 valence electrons. The summed E-state index contributed by atoms with van der Waals surface area (Å²) < 4.78 is 1.01. The van der Waals surface area contributed by atoms with Crippen LogP contribution in [0.1, 0.15) is 15.9 Å². The Kier molecular flexibility index (Phi) is 4.99. The highest BCUT2D eigenvalue weighted by Gasteiger charge is 2.13. The Balaban J connectivity index is 1.72. The van der Waals surface area contributed by atoms with E-state index in [4.69, 9.17) is 4.98 Å². The van der Waals surface area contributed by atoms with Crippen molar-refractivity contribution >= 4 is 32.7 Å². The van der Waals surface area contributed by atoms with E-state index in [1.807, 2.05) is 84.9 Å². The van der Waals surface area contributed by atoms with Crippen molar-refractivity contribution in [3.63, 3.8) is 0 Å². The van der Waals surface area contributed by atoms with E-state index in [-0.39, 0.29) is 5.91 Å². The van der Waals surface area contributed by atoms with E-state index >= 15 is 0 Å². The van der Waals surface area contributed by atoms with E-state index in [0.29, 0.717) is 12.1 Å². The number of hydrogen-bond acceptors (Lipinski definition) is 2. The summed E-state index contributed by atoms with van der Waals surface area (Å²) in [5.74, 6) is -0.101. The van der Waals surface area contributed by atoms with E-state index in [1.165, 1.54) is 0 Å². The maximum Gasteiger partial charge on any atom is 0.252 e. The zero-order chi connectivity index (χ0) is 18.6. The molecule has 0 aliphatic carbocycles. The first-order valence-electron chi connectivity index (χ1n) is 8.68. The molecule has 0 fully saturated rings. The van der Waals surface area contributed by atoms with Crippen molar-refractivity contribution in [2.24, 2.45) is 0 Å². The number of carbonyl (C=O) groups is 1. The summed E-state index contributed by atoms with van der Waals surface area (Å²) in [7, 11) is 0. The van der Waals surface area contributed by atoms with Gasteiger partial charge in [0.25, 0.3) is 5.91 Å². The molecule has 0 aliphatic heterocycles. The second kappa shape index (κ2) is 7.72. The van der Waals surface area contributed by atoms with Crippen molar-refractivity contribution in [3.8, 4) is 11.3 Å². The van der Waals surface area contributed by atoms with Crippen molar-refractivity contribution in [3.05, 3.63) is 101 Å². The molecule has 0 bridgehead atoms. The monoisotopic (exact) mass is 416 g/mol. The maximum atomic E-state index is 12.9. The zero-order valence-corrected chi connectivity index (χ0v) is 16.1. The number of benzene rings is 3. The van der Waals surface area contributed by atoms with Gasteiger partial charge in [-0.25, -0.2) is 4.98 Å². The summed E-state index contributed by atoms with van der Waals surface area (Å²) in [6.45, 7) is 0.490. The molecule has 0 aliphatic rings. The standard InChI is InChI=1S/C23H17BrN2O/c24-18-12-10-17(11-13-18)22-14-20(19-8-4-5-9-21(19)26-22)23(27)25-15-16-6-2-1-3-7-16/h1-14H,15H2,(H,25,27). The summed E-state index contributed by atoms with van der Waals surface area (Å²) >= 11 is 3.45. The lowest BCUT2D eigenvalue weighted by Crippen LogP contribution is -2.23. The van der Waals surface area contributed by atoms with Crippen LogP contribution in [0.4, 0.5) is 0 Å².